The van der Waals surface area contributed by atoms with Gasteiger partial charge < -0.3 is 14.6 Å². The highest BCUT2D eigenvalue weighted by Gasteiger charge is 2.14. The molecule has 4 heteroatoms. The van der Waals surface area contributed by atoms with Gasteiger partial charge in [-0.2, -0.15) is 0 Å². The van der Waals surface area contributed by atoms with E-state index < -0.39 is 0 Å². The maximum absolute atomic E-state index is 5.67. The first-order valence-corrected chi connectivity index (χ1v) is 7.99. The van der Waals surface area contributed by atoms with Crippen LogP contribution in [0.2, 0.25) is 0 Å². The van der Waals surface area contributed by atoms with Crippen LogP contribution in [0, 0.1) is 0 Å². The lowest BCUT2D eigenvalue weighted by Gasteiger charge is -2.24. The molecule has 1 aromatic rings. The lowest BCUT2D eigenvalue weighted by atomic mass is 10.1. The summed E-state index contributed by atoms with van der Waals surface area (Å²) in [5.41, 5.74) is 1.41. The largest absolute Gasteiger partial charge is 0.468 e. The minimum absolute atomic E-state index is 0.109. The first-order valence-electron chi connectivity index (χ1n) is 7.99. The fourth-order valence-corrected chi connectivity index (χ4v) is 2.18. The molecule has 1 aromatic heterocycles. The number of furan rings is 1. The van der Waals surface area contributed by atoms with E-state index in [1.54, 1.807) is 0 Å². The van der Waals surface area contributed by atoms with Gasteiger partial charge in [0.25, 0.3) is 0 Å². The number of rotatable bonds is 9. The molecule has 0 aromatic carbocycles. The average molecular weight is 295 g/mol. The zero-order valence-corrected chi connectivity index (χ0v) is 14.7. The first-order chi connectivity index (χ1) is 9.81. The van der Waals surface area contributed by atoms with Crippen LogP contribution in [0.1, 0.15) is 45.4 Å². The Hall–Kier alpha value is -0.840. The second kappa shape index (κ2) is 8.57. The molecule has 0 aliphatic heterocycles. The smallest absolute Gasteiger partial charge is 0.122 e. The number of hydrogen-bond donors (Lipinski definition) is 1. The highest BCUT2D eigenvalue weighted by atomic mass is 16.3. The van der Waals surface area contributed by atoms with Gasteiger partial charge in [0.05, 0.1) is 12.8 Å². The molecule has 0 unspecified atom stereocenters. The van der Waals surface area contributed by atoms with Crippen molar-refractivity contribution in [3.63, 3.8) is 0 Å². The molecule has 1 heterocycles. The number of nitrogens with one attached hydrogen (secondary N) is 1. The van der Waals surface area contributed by atoms with Gasteiger partial charge in [0, 0.05) is 30.7 Å². The van der Waals surface area contributed by atoms with Crippen molar-refractivity contribution in [2.45, 2.75) is 52.7 Å². The molecule has 0 saturated heterocycles. The molecule has 0 fully saturated rings. The van der Waals surface area contributed by atoms with Gasteiger partial charge in [-0.1, -0.05) is 6.92 Å². The summed E-state index contributed by atoms with van der Waals surface area (Å²) in [4.78, 5) is 4.74. The molecule has 122 valence electrons. The van der Waals surface area contributed by atoms with Crippen molar-refractivity contribution >= 4 is 0 Å². The van der Waals surface area contributed by atoms with Gasteiger partial charge in [-0.25, -0.2) is 0 Å². The molecule has 0 bridgehead atoms. The van der Waals surface area contributed by atoms with E-state index in [1.807, 2.05) is 6.26 Å². The molecule has 4 nitrogen and oxygen atoms in total. The monoisotopic (exact) mass is 295 g/mol. The Bertz CT molecular complexity index is 393. The van der Waals surface area contributed by atoms with Crippen molar-refractivity contribution in [2.75, 3.05) is 33.7 Å². The van der Waals surface area contributed by atoms with Crippen LogP contribution < -0.4 is 5.32 Å². The Morgan fingerprint density at radius 3 is 2.43 bits per heavy atom. The van der Waals surface area contributed by atoms with E-state index in [4.69, 9.17) is 4.42 Å². The van der Waals surface area contributed by atoms with Gasteiger partial charge in [-0.3, -0.25) is 4.90 Å². The molecule has 0 aliphatic carbocycles. The van der Waals surface area contributed by atoms with Crippen molar-refractivity contribution in [1.29, 1.82) is 0 Å². The van der Waals surface area contributed by atoms with Crippen molar-refractivity contribution in [2.24, 2.45) is 0 Å². The number of nitrogens with zero attached hydrogens (tertiary/aromatic N) is 2. The van der Waals surface area contributed by atoms with Crippen molar-refractivity contribution in [3.8, 4) is 0 Å². The fraction of sp³-hybridized carbons (Fsp3) is 0.765. The van der Waals surface area contributed by atoms with Gasteiger partial charge in [-0.05, 0) is 53.9 Å². The minimum Gasteiger partial charge on any atom is -0.468 e. The fourth-order valence-electron chi connectivity index (χ4n) is 2.18. The summed E-state index contributed by atoms with van der Waals surface area (Å²) in [6.07, 6.45) is 2.99. The minimum atomic E-state index is 0.109. The van der Waals surface area contributed by atoms with Crippen molar-refractivity contribution < 1.29 is 4.42 Å². The predicted molar refractivity (Wildman–Crippen MR) is 89.4 cm³/mol. The average Bonchev–Trinajstić information content (AvgIpc) is 2.80. The molecule has 21 heavy (non-hydrogen) atoms. The Morgan fingerprint density at radius 1 is 1.14 bits per heavy atom. The lowest BCUT2D eigenvalue weighted by molar-refractivity contribution is 0.232. The molecule has 1 rings (SSSR count). The topological polar surface area (TPSA) is 31.6 Å². The van der Waals surface area contributed by atoms with Gasteiger partial charge in [0.15, 0.2) is 0 Å². The molecule has 0 spiro atoms. The maximum Gasteiger partial charge on any atom is 0.122 e. The number of hydrogen-bond acceptors (Lipinski definition) is 4. The molecule has 0 saturated carbocycles. The predicted octanol–water partition coefficient (Wildman–Crippen LogP) is 2.94. The summed E-state index contributed by atoms with van der Waals surface area (Å²) in [6.45, 7) is 13.8. The van der Waals surface area contributed by atoms with Crippen LogP contribution in [0.4, 0.5) is 0 Å². The van der Waals surface area contributed by atoms with Crippen LogP contribution >= 0.6 is 0 Å². The van der Waals surface area contributed by atoms with Crippen molar-refractivity contribution in [1.82, 2.24) is 15.1 Å². The maximum atomic E-state index is 5.67. The zero-order chi connectivity index (χ0) is 15.9. The van der Waals surface area contributed by atoms with Crippen LogP contribution in [0.25, 0.3) is 0 Å². The van der Waals surface area contributed by atoms with Crippen molar-refractivity contribution in [3.05, 3.63) is 23.7 Å². The molecule has 0 radical (unpaired) electrons. The van der Waals surface area contributed by atoms with Crippen LogP contribution in [0.3, 0.4) is 0 Å². The van der Waals surface area contributed by atoms with E-state index in [9.17, 15) is 0 Å². The Labute approximate surface area is 130 Å². The highest BCUT2D eigenvalue weighted by molar-refractivity contribution is 5.17. The quantitative estimate of drug-likeness (QED) is 0.759. The SMILES string of the molecule is CCCN(CCN(C)C)Cc1ccoc1CNC(C)(C)C. The van der Waals surface area contributed by atoms with Gasteiger partial charge in [0.2, 0.25) is 0 Å². The summed E-state index contributed by atoms with van der Waals surface area (Å²) in [6, 6.07) is 2.11. The molecule has 1 N–H and O–H groups in total. The van der Waals surface area contributed by atoms with E-state index in [2.05, 4.69) is 63.0 Å². The third-order valence-electron chi connectivity index (χ3n) is 3.41. The Morgan fingerprint density at radius 2 is 1.86 bits per heavy atom. The van der Waals surface area contributed by atoms with Gasteiger partial charge in [0.1, 0.15) is 5.76 Å². The molecule has 0 aliphatic rings. The van der Waals surface area contributed by atoms with Crippen LogP contribution in [0.5, 0.6) is 0 Å². The normalized spacial score (nSPS) is 12.6. The Kier molecular flexibility index (Phi) is 7.43. The standard InChI is InChI=1S/C17H33N3O/c1-7-9-20(11-10-19(5)6)14-15-8-12-21-16(15)13-18-17(2,3)4/h8,12,18H,7,9-11,13-14H2,1-6H3. The van der Waals surface area contributed by atoms with E-state index >= 15 is 0 Å². The van der Waals surface area contributed by atoms with E-state index in [1.165, 1.54) is 12.0 Å². The van der Waals surface area contributed by atoms with E-state index in [0.717, 1.165) is 38.5 Å². The summed E-state index contributed by atoms with van der Waals surface area (Å²) >= 11 is 0. The van der Waals surface area contributed by atoms with Crippen LogP contribution in [0.15, 0.2) is 16.7 Å². The molecular weight excluding hydrogens is 262 g/mol. The highest BCUT2D eigenvalue weighted by Crippen LogP contribution is 2.15. The third kappa shape index (κ3) is 7.65. The summed E-state index contributed by atoms with van der Waals surface area (Å²) < 4.78 is 5.67. The first kappa shape index (κ1) is 18.2. The Balaban J connectivity index is 2.60. The van der Waals surface area contributed by atoms with E-state index in [-0.39, 0.29) is 5.54 Å². The second-order valence-electron chi connectivity index (χ2n) is 7.05. The molecule has 0 amide bonds. The van der Waals surface area contributed by atoms with Crippen LogP contribution in [-0.2, 0) is 13.1 Å². The van der Waals surface area contributed by atoms with Gasteiger partial charge in [-0.15, -0.1) is 0 Å². The summed E-state index contributed by atoms with van der Waals surface area (Å²) in [5, 5.41) is 3.50. The summed E-state index contributed by atoms with van der Waals surface area (Å²) in [7, 11) is 4.25. The van der Waals surface area contributed by atoms with Crippen LogP contribution in [-0.4, -0.2) is 49.1 Å². The zero-order valence-electron chi connectivity index (χ0n) is 14.7. The van der Waals surface area contributed by atoms with Gasteiger partial charge >= 0.3 is 0 Å². The third-order valence-corrected chi connectivity index (χ3v) is 3.41. The summed E-state index contributed by atoms with van der Waals surface area (Å²) in [5.74, 6) is 1.07. The second-order valence-corrected chi connectivity index (χ2v) is 7.05. The van der Waals surface area contributed by atoms with E-state index in [0.29, 0.717) is 0 Å². The molecular formula is C17H33N3O. The molecule has 0 atom stereocenters. The number of likely N-dealkylation sites (N-methyl/N-ethyl adjacent to an activating group) is 1. The lowest BCUT2D eigenvalue weighted by Crippen LogP contribution is -2.35.